The van der Waals surface area contributed by atoms with E-state index in [1.165, 1.54) is 6.92 Å². The van der Waals surface area contributed by atoms with Gasteiger partial charge in [0.2, 0.25) is 0 Å². The van der Waals surface area contributed by atoms with E-state index >= 15 is 0 Å². The van der Waals surface area contributed by atoms with E-state index in [1.807, 2.05) is 34.6 Å². The molecule has 2 aliphatic rings. The van der Waals surface area contributed by atoms with Gasteiger partial charge in [-0.15, -0.1) is 0 Å². The van der Waals surface area contributed by atoms with Gasteiger partial charge in [0.1, 0.15) is 17.8 Å². The van der Waals surface area contributed by atoms with Gasteiger partial charge in [-0.2, -0.15) is 0 Å². The molecule has 2 saturated heterocycles. The molecule has 0 amide bonds. The molecule has 0 aliphatic carbocycles. The van der Waals surface area contributed by atoms with Crippen LogP contribution in [0, 0.1) is 35.0 Å². The molecule has 2 aliphatic heterocycles. The van der Waals surface area contributed by atoms with Crippen LogP contribution < -0.4 is 0 Å². The van der Waals surface area contributed by atoms with E-state index in [0.29, 0.717) is 25.0 Å². The third kappa shape index (κ3) is 7.83. The summed E-state index contributed by atoms with van der Waals surface area (Å²) in [5.41, 5.74) is -2.24. The van der Waals surface area contributed by atoms with E-state index in [0.717, 1.165) is 19.3 Å². The zero-order valence-electron chi connectivity index (χ0n) is 27.4. The van der Waals surface area contributed by atoms with E-state index in [4.69, 9.17) is 14.2 Å². The third-order valence-electron chi connectivity index (χ3n) is 10.8. The predicted octanol–water partition coefficient (Wildman–Crippen LogP) is 4.95. The van der Waals surface area contributed by atoms with Gasteiger partial charge in [-0.3, -0.25) is 4.79 Å². The fourth-order valence-corrected chi connectivity index (χ4v) is 7.75. The minimum Gasteiger partial charge on any atom is -0.459 e. The summed E-state index contributed by atoms with van der Waals surface area (Å²) >= 11 is 0. The minimum atomic E-state index is -1.77. The number of ether oxygens (including phenoxy) is 3. The molecular weight excluding hydrogens is 526 g/mol. The van der Waals surface area contributed by atoms with Crippen LogP contribution in [0.1, 0.15) is 108 Å². The Balaban J connectivity index is 2.55. The SMILES string of the molecule is CC[C@H]1OC(=O)C(C)[C@@H](C[C@H]2C[C@@](C)(OC)[C@@H](O)C(C)O2)[C@H](C)C[C@](C)(CC)C[C@@H](C)/C(=N\O)C(C)C(O)[C@]1(C)O. The summed E-state index contributed by atoms with van der Waals surface area (Å²) in [6.07, 6.45) is 0.125. The summed E-state index contributed by atoms with van der Waals surface area (Å²) in [6.45, 7) is 19.2. The molecule has 0 spiro atoms. The van der Waals surface area contributed by atoms with Gasteiger partial charge in [-0.1, -0.05) is 60.0 Å². The number of nitrogens with zero attached hydrogens (tertiary/aromatic N) is 1. The van der Waals surface area contributed by atoms with Crippen LogP contribution in [-0.2, 0) is 19.0 Å². The first-order valence-corrected chi connectivity index (χ1v) is 15.6. The Hall–Kier alpha value is -1.26. The lowest BCUT2D eigenvalue weighted by Gasteiger charge is -2.47. The molecule has 0 bridgehead atoms. The quantitative estimate of drug-likeness (QED) is 0.202. The van der Waals surface area contributed by atoms with Crippen LogP contribution in [0.3, 0.4) is 0 Å². The lowest BCUT2D eigenvalue weighted by molar-refractivity contribution is -0.219. The average Bonchev–Trinajstić information content (AvgIpc) is 2.91. The molecule has 240 valence electrons. The van der Waals surface area contributed by atoms with Crippen molar-refractivity contribution in [3.05, 3.63) is 0 Å². The molecule has 0 saturated carbocycles. The van der Waals surface area contributed by atoms with Crippen molar-refractivity contribution in [2.75, 3.05) is 7.11 Å². The molecular formula is C32H59NO8. The fraction of sp³-hybridized carbons (Fsp3) is 0.938. The van der Waals surface area contributed by atoms with Crippen LogP contribution in [0.25, 0.3) is 0 Å². The molecule has 0 radical (unpaired) electrons. The van der Waals surface area contributed by atoms with E-state index in [9.17, 15) is 25.3 Å². The van der Waals surface area contributed by atoms with E-state index in [2.05, 4.69) is 25.9 Å². The predicted molar refractivity (Wildman–Crippen MR) is 159 cm³/mol. The molecule has 41 heavy (non-hydrogen) atoms. The third-order valence-corrected chi connectivity index (χ3v) is 10.8. The lowest BCUT2D eigenvalue weighted by atomic mass is 9.66. The highest BCUT2D eigenvalue weighted by Crippen LogP contribution is 2.44. The number of carbonyl (C=O) groups excluding carboxylic acids is 1. The van der Waals surface area contributed by atoms with Gasteiger partial charge in [0, 0.05) is 19.4 Å². The Morgan fingerprint density at radius 1 is 0.976 bits per heavy atom. The van der Waals surface area contributed by atoms with Crippen LogP contribution in [0.5, 0.6) is 0 Å². The number of rotatable bonds is 5. The van der Waals surface area contributed by atoms with Crippen molar-refractivity contribution in [3.8, 4) is 0 Å². The van der Waals surface area contributed by atoms with E-state index in [1.54, 1.807) is 14.0 Å². The van der Waals surface area contributed by atoms with Gasteiger partial charge in [0.25, 0.3) is 0 Å². The van der Waals surface area contributed by atoms with Gasteiger partial charge >= 0.3 is 5.97 Å². The Labute approximate surface area is 248 Å². The van der Waals surface area contributed by atoms with Gasteiger partial charge in [0.15, 0.2) is 0 Å². The molecule has 2 fully saturated rings. The highest BCUT2D eigenvalue weighted by Gasteiger charge is 2.49. The number of cyclic esters (lactones) is 1. The number of oxime groups is 1. The van der Waals surface area contributed by atoms with Crippen LogP contribution in [0.2, 0.25) is 0 Å². The Morgan fingerprint density at radius 2 is 1.59 bits per heavy atom. The molecule has 4 N–H and O–H groups in total. The smallest absolute Gasteiger partial charge is 0.309 e. The van der Waals surface area contributed by atoms with Crippen molar-refractivity contribution in [1.29, 1.82) is 0 Å². The minimum absolute atomic E-state index is 0.107. The second-order valence-corrected chi connectivity index (χ2v) is 14.1. The second-order valence-electron chi connectivity index (χ2n) is 14.1. The van der Waals surface area contributed by atoms with Gasteiger partial charge in [0.05, 0.1) is 35.5 Å². The first kappa shape index (κ1) is 35.9. The zero-order valence-corrected chi connectivity index (χ0v) is 27.4. The summed E-state index contributed by atoms with van der Waals surface area (Å²) in [6, 6.07) is 0. The fourth-order valence-electron chi connectivity index (χ4n) is 7.75. The van der Waals surface area contributed by atoms with Crippen molar-refractivity contribution in [3.63, 3.8) is 0 Å². The first-order valence-electron chi connectivity index (χ1n) is 15.6. The monoisotopic (exact) mass is 585 g/mol. The number of aliphatic hydroxyl groups is 3. The van der Waals surface area contributed by atoms with Crippen molar-refractivity contribution in [2.24, 2.45) is 40.2 Å². The summed E-state index contributed by atoms with van der Waals surface area (Å²) in [7, 11) is 1.60. The second kappa shape index (κ2) is 14.0. The van der Waals surface area contributed by atoms with Gasteiger partial charge < -0.3 is 34.7 Å². The Kier molecular flexibility index (Phi) is 12.3. The maximum Gasteiger partial charge on any atom is 0.309 e. The molecule has 9 nitrogen and oxygen atoms in total. The lowest BCUT2D eigenvalue weighted by Crippen LogP contribution is -2.56. The number of hydrogen-bond donors (Lipinski definition) is 4. The van der Waals surface area contributed by atoms with Crippen molar-refractivity contribution < 1.29 is 39.5 Å². The Bertz CT molecular complexity index is 895. The summed E-state index contributed by atoms with van der Waals surface area (Å²) in [4.78, 5) is 13.7. The molecule has 4 unspecified atom stereocenters. The van der Waals surface area contributed by atoms with E-state index < -0.39 is 53.4 Å². The maximum absolute atomic E-state index is 13.7. The van der Waals surface area contributed by atoms with Crippen LogP contribution >= 0.6 is 0 Å². The molecule has 0 aromatic rings. The number of aliphatic hydroxyl groups excluding tert-OH is 2. The maximum atomic E-state index is 13.7. The highest BCUT2D eigenvalue weighted by atomic mass is 16.6. The standard InChI is InChI=1S/C32H59NO8/c1-12-25-32(10,37)27(34)21(6)26(33-38)19(4)16-30(8,13-2)15-18(3)24(20(5)29(36)41-25)14-23-17-31(9,39-11)28(35)22(7)40-23/h18-25,27-28,34-35,37-38H,12-17H2,1-11H3/b33-26+/t18-,19-,20?,21?,22?,23+,24+,25-,27?,28+,30+,31-,32-/m1/s1. The van der Waals surface area contributed by atoms with Crippen LogP contribution in [0.4, 0.5) is 0 Å². The number of methoxy groups -OCH3 is 1. The molecule has 13 atom stereocenters. The zero-order chi connectivity index (χ0) is 31.5. The topological polar surface area (TPSA) is 138 Å². The largest absolute Gasteiger partial charge is 0.459 e. The normalized spacial score (nSPS) is 48.4. The summed E-state index contributed by atoms with van der Waals surface area (Å²) in [5.74, 6) is -1.73. The van der Waals surface area contributed by atoms with Crippen LogP contribution in [0.15, 0.2) is 5.16 Å². The van der Waals surface area contributed by atoms with E-state index in [-0.39, 0.29) is 29.3 Å². The molecule has 9 heteroatoms. The summed E-state index contributed by atoms with van der Waals surface area (Å²) in [5, 5.41) is 47.2. The molecule has 2 rings (SSSR count). The molecule has 2 heterocycles. The Morgan fingerprint density at radius 3 is 2.10 bits per heavy atom. The number of esters is 1. The summed E-state index contributed by atoms with van der Waals surface area (Å²) < 4.78 is 18.0. The van der Waals surface area contributed by atoms with Crippen molar-refractivity contribution in [1.82, 2.24) is 0 Å². The van der Waals surface area contributed by atoms with Crippen molar-refractivity contribution >= 4 is 11.7 Å². The van der Waals surface area contributed by atoms with Gasteiger partial charge in [-0.05, 0) is 69.6 Å². The van der Waals surface area contributed by atoms with Gasteiger partial charge in [-0.25, -0.2) is 0 Å². The number of hydrogen-bond acceptors (Lipinski definition) is 9. The highest BCUT2D eigenvalue weighted by molar-refractivity contribution is 5.88. The van der Waals surface area contributed by atoms with Crippen LogP contribution in [-0.4, -0.2) is 81.0 Å². The number of carbonyl (C=O) groups is 1. The molecule has 0 aromatic heterocycles. The molecule has 0 aromatic carbocycles. The van der Waals surface area contributed by atoms with Crippen molar-refractivity contribution in [2.45, 2.75) is 149 Å². The average molecular weight is 586 g/mol. The first-order chi connectivity index (χ1) is 18.9.